The molecule has 3 aliphatic rings. The second-order valence-corrected chi connectivity index (χ2v) is 5.60. The van der Waals surface area contributed by atoms with Crippen molar-refractivity contribution in [3.8, 4) is 0 Å². The predicted molar refractivity (Wildman–Crippen MR) is 52.2 cm³/mol. The van der Waals surface area contributed by atoms with Gasteiger partial charge >= 0.3 is 0 Å². The monoisotopic (exact) mass is 181 g/mol. The Morgan fingerprint density at radius 1 is 1.23 bits per heavy atom. The van der Waals surface area contributed by atoms with Crippen molar-refractivity contribution < 1.29 is 4.79 Å². The molecule has 74 valence electrons. The maximum absolute atomic E-state index is 11.8. The lowest BCUT2D eigenvalue weighted by Crippen LogP contribution is -2.49. The molecule has 0 aromatic carbocycles. The molecule has 0 aromatic heterocycles. The smallest absolute Gasteiger partial charge is 0.224 e. The summed E-state index contributed by atoms with van der Waals surface area (Å²) in [5.74, 6) is 2.09. The largest absolute Gasteiger partial charge is 0.351 e. The fraction of sp³-hybridized carbons (Fsp3) is 0.909. The minimum absolute atomic E-state index is 0.0634. The summed E-state index contributed by atoms with van der Waals surface area (Å²) < 4.78 is 0. The fourth-order valence-corrected chi connectivity index (χ4v) is 2.78. The lowest BCUT2D eigenvalue weighted by molar-refractivity contribution is -0.132. The normalized spacial score (nSPS) is 37.0. The Hall–Kier alpha value is -0.530. The lowest BCUT2D eigenvalue weighted by atomic mass is 9.71. The molecule has 1 N–H and O–H groups in total. The molecule has 0 aliphatic heterocycles. The summed E-state index contributed by atoms with van der Waals surface area (Å²) in [5, 5.41) is 3.08. The molecule has 0 saturated heterocycles. The van der Waals surface area contributed by atoms with Crippen molar-refractivity contribution in [2.45, 2.75) is 45.6 Å². The van der Waals surface area contributed by atoms with Gasteiger partial charge in [0.25, 0.3) is 0 Å². The molecular weight excluding hydrogens is 162 g/mol. The molecule has 2 nitrogen and oxygen atoms in total. The van der Waals surface area contributed by atoms with Crippen LogP contribution in [0.3, 0.4) is 0 Å². The summed E-state index contributed by atoms with van der Waals surface area (Å²) in [6.07, 6.45) is 3.88. The van der Waals surface area contributed by atoms with Crippen LogP contribution >= 0.6 is 0 Å². The van der Waals surface area contributed by atoms with Crippen LogP contribution in [0.4, 0.5) is 0 Å². The van der Waals surface area contributed by atoms with E-state index >= 15 is 0 Å². The van der Waals surface area contributed by atoms with E-state index in [0.717, 1.165) is 0 Å². The number of hydrogen-bond acceptors (Lipinski definition) is 1. The third-order valence-electron chi connectivity index (χ3n) is 3.33. The topological polar surface area (TPSA) is 29.1 Å². The number of rotatable bonds is 1. The summed E-state index contributed by atoms with van der Waals surface area (Å²) in [5.41, 5.74) is -0.0634. The van der Waals surface area contributed by atoms with Gasteiger partial charge in [0.15, 0.2) is 0 Å². The molecule has 0 radical (unpaired) electrons. The van der Waals surface area contributed by atoms with Gasteiger partial charge in [0.2, 0.25) is 5.91 Å². The molecule has 2 heteroatoms. The highest BCUT2D eigenvalue weighted by Gasteiger charge is 2.50. The number of hydrogen-bond donors (Lipinski definition) is 1. The zero-order valence-electron chi connectivity index (χ0n) is 8.76. The van der Waals surface area contributed by atoms with Crippen molar-refractivity contribution >= 4 is 5.91 Å². The Morgan fingerprint density at radius 3 is 2.15 bits per heavy atom. The van der Waals surface area contributed by atoms with Crippen LogP contribution in [0.25, 0.3) is 0 Å². The minimum Gasteiger partial charge on any atom is -0.351 e. The number of carbonyl (C=O) groups excluding carboxylic acids is 1. The van der Waals surface area contributed by atoms with Crippen molar-refractivity contribution in [2.75, 3.05) is 0 Å². The Morgan fingerprint density at radius 2 is 1.77 bits per heavy atom. The first-order valence-electron chi connectivity index (χ1n) is 5.29. The molecule has 0 heterocycles. The van der Waals surface area contributed by atoms with E-state index in [-0.39, 0.29) is 5.54 Å². The molecule has 2 unspecified atom stereocenters. The maximum Gasteiger partial charge on any atom is 0.224 e. The van der Waals surface area contributed by atoms with E-state index in [1.807, 2.05) is 20.8 Å². The van der Waals surface area contributed by atoms with Crippen molar-refractivity contribution in [1.29, 1.82) is 0 Å². The third kappa shape index (κ3) is 1.59. The minimum atomic E-state index is -0.0634. The van der Waals surface area contributed by atoms with Crippen molar-refractivity contribution in [2.24, 2.45) is 17.8 Å². The molecule has 1 amide bonds. The molecule has 3 fully saturated rings. The second kappa shape index (κ2) is 2.73. The van der Waals surface area contributed by atoms with Crippen LogP contribution in [0.5, 0.6) is 0 Å². The zero-order valence-corrected chi connectivity index (χ0v) is 8.76. The average molecular weight is 181 g/mol. The number of nitrogens with one attached hydrogen (secondary N) is 1. The summed E-state index contributed by atoms with van der Waals surface area (Å²) in [7, 11) is 0. The molecule has 3 saturated carbocycles. The van der Waals surface area contributed by atoms with Gasteiger partial charge in [-0.25, -0.2) is 0 Å². The number of amides is 1. The molecule has 0 aromatic rings. The fourth-order valence-electron chi connectivity index (χ4n) is 2.78. The second-order valence-electron chi connectivity index (χ2n) is 5.60. The first-order chi connectivity index (χ1) is 5.97. The van der Waals surface area contributed by atoms with Crippen LogP contribution in [0.2, 0.25) is 0 Å². The predicted octanol–water partition coefficient (Wildman–Crippen LogP) is 1.95. The summed E-state index contributed by atoms with van der Waals surface area (Å²) in [6, 6.07) is 0. The van der Waals surface area contributed by atoms with Crippen LogP contribution in [-0.4, -0.2) is 11.4 Å². The molecule has 3 rings (SSSR count). The Bertz CT molecular complexity index is 215. The molecule has 2 bridgehead atoms. The summed E-state index contributed by atoms with van der Waals surface area (Å²) in [4.78, 5) is 11.8. The highest BCUT2D eigenvalue weighted by atomic mass is 16.2. The number of fused-ring (bicyclic) bond motifs is 1. The van der Waals surface area contributed by atoms with Gasteiger partial charge in [-0.2, -0.15) is 0 Å². The summed E-state index contributed by atoms with van der Waals surface area (Å²) >= 11 is 0. The van der Waals surface area contributed by atoms with E-state index < -0.39 is 0 Å². The molecular formula is C11H19NO. The SMILES string of the molecule is CC(C)(C)NC(=O)C1C2CCC1C2. The van der Waals surface area contributed by atoms with Gasteiger partial charge in [0, 0.05) is 11.5 Å². The molecule has 13 heavy (non-hydrogen) atoms. The van der Waals surface area contributed by atoms with E-state index in [2.05, 4.69) is 5.32 Å². The van der Waals surface area contributed by atoms with Crippen LogP contribution in [0.1, 0.15) is 40.0 Å². The highest BCUT2D eigenvalue weighted by Crippen LogP contribution is 2.53. The average Bonchev–Trinajstić information content (AvgIpc) is 2.36. The van der Waals surface area contributed by atoms with E-state index in [0.29, 0.717) is 23.7 Å². The van der Waals surface area contributed by atoms with E-state index in [9.17, 15) is 4.79 Å². The van der Waals surface area contributed by atoms with Gasteiger partial charge in [-0.3, -0.25) is 4.79 Å². The van der Waals surface area contributed by atoms with Gasteiger partial charge in [-0.15, -0.1) is 0 Å². The van der Waals surface area contributed by atoms with Gasteiger partial charge in [0.1, 0.15) is 0 Å². The Balaban J connectivity index is 1.92. The first-order valence-corrected chi connectivity index (χ1v) is 5.29. The summed E-state index contributed by atoms with van der Waals surface area (Å²) in [6.45, 7) is 6.14. The molecule has 2 atom stereocenters. The highest BCUT2D eigenvalue weighted by molar-refractivity contribution is 5.81. The number of carbonyl (C=O) groups is 1. The van der Waals surface area contributed by atoms with Gasteiger partial charge in [-0.1, -0.05) is 0 Å². The quantitative estimate of drug-likeness (QED) is 0.658. The van der Waals surface area contributed by atoms with Crippen molar-refractivity contribution in [3.05, 3.63) is 0 Å². The molecule has 3 aliphatic carbocycles. The standard InChI is InChI=1S/C11H19NO/c1-11(2,3)12-10(13)9-7-4-5-8(9)6-7/h7-9H,4-6H2,1-3H3,(H,12,13). The first kappa shape index (κ1) is 9.04. The van der Waals surface area contributed by atoms with Crippen molar-refractivity contribution in [3.63, 3.8) is 0 Å². The Labute approximate surface area is 80.1 Å². The molecule has 0 spiro atoms. The lowest BCUT2D eigenvalue weighted by Gasteiger charge is -2.36. The van der Waals surface area contributed by atoms with Crippen LogP contribution in [0, 0.1) is 17.8 Å². The van der Waals surface area contributed by atoms with Crippen LogP contribution in [-0.2, 0) is 4.79 Å². The van der Waals surface area contributed by atoms with Gasteiger partial charge in [0.05, 0.1) is 0 Å². The van der Waals surface area contributed by atoms with E-state index in [1.54, 1.807) is 0 Å². The van der Waals surface area contributed by atoms with Crippen LogP contribution in [0.15, 0.2) is 0 Å². The third-order valence-corrected chi connectivity index (χ3v) is 3.33. The van der Waals surface area contributed by atoms with Gasteiger partial charge in [-0.05, 0) is 51.9 Å². The van der Waals surface area contributed by atoms with E-state index in [1.165, 1.54) is 19.3 Å². The van der Waals surface area contributed by atoms with Gasteiger partial charge < -0.3 is 5.32 Å². The Kier molecular flexibility index (Phi) is 1.90. The maximum atomic E-state index is 11.8. The zero-order chi connectivity index (χ0) is 9.64. The van der Waals surface area contributed by atoms with E-state index in [4.69, 9.17) is 0 Å². The van der Waals surface area contributed by atoms with Crippen LogP contribution < -0.4 is 5.32 Å². The van der Waals surface area contributed by atoms with Crippen molar-refractivity contribution in [1.82, 2.24) is 5.32 Å².